The molecule has 0 amide bonds. The Balaban J connectivity index is 2.60. The molecule has 1 aromatic carbocycles. The Hall–Kier alpha value is -2.50. The summed E-state index contributed by atoms with van der Waals surface area (Å²) < 4.78 is 28.2. The molecule has 23 heavy (non-hydrogen) atoms. The van der Waals surface area contributed by atoms with Gasteiger partial charge >= 0.3 is 0 Å². The van der Waals surface area contributed by atoms with Gasteiger partial charge in [0.25, 0.3) is 0 Å². The molecule has 1 aromatic heterocycles. The van der Waals surface area contributed by atoms with Crippen LogP contribution in [0, 0.1) is 27.9 Å². The summed E-state index contributed by atoms with van der Waals surface area (Å²) in [6.45, 7) is 5.44. The average Bonchev–Trinajstić information content (AvgIpc) is 2.44. The van der Waals surface area contributed by atoms with Gasteiger partial charge in [-0.3, -0.25) is 15.4 Å². The summed E-state index contributed by atoms with van der Waals surface area (Å²) in [6, 6.07) is 5.92. The molecule has 0 radical (unpaired) electrons. The van der Waals surface area contributed by atoms with Gasteiger partial charge in [0, 0.05) is 17.9 Å². The lowest BCUT2D eigenvalue weighted by molar-refractivity contribution is 0.458. The highest BCUT2D eigenvalue weighted by molar-refractivity contribution is 5.87. The number of aromatic nitrogens is 1. The standard InChI is InChI=1S/C17H19F2N3O/c1-17(2,3)16(21)22-13(14(23)6-7-15(22)20)8-10-4-5-11(18)9-12(10)19/h4-7,9,20-21,23H,8H2,1-3H3. The summed E-state index contributed by atoms with van der Waals surface area (Å²) in [5.74, 6) is -1.44. The van der Waals surface area contributed by atoms with Crippen molar-refractivity contribution in [1.82, 2.24) is 4.57 Å². The Morgan fingerprint density at radius 1 is 1.17 bits per heavy atom. The Kier molecular flexibility index (Phi) is 4.36. The van der Waals surface area contributed by atoms with Gasteiger partial charge in [0.15, 0.2) is 0 Å². The van der Waals surface area contributed by atoms with Gasteiger partial charge in [0.05, 0.1) is 5.69 Å². The van der Waals surface area contributed by atoms with Crippen LogP contribution in [-0.4, -0.2) is 15.5 Å². The van der Waals surface area contributed by atoms with Crippen LogP contribution in [-0.2, 0) is 6.42 Å². The first kappa shape index (κ1) is 16.9. The van der Waals surface area contributed by atoms with Gasteiger partial charge in [-0.2, -0.15) is 0 Å². The third-order valence-electron chi connectivity index (χ3n) is 3.51. The van der Waals surface area contributed by atoms with Crippen LogP contribution >= 0.6 is 0 Å². The normalized spacial score (nSPS) is 11.5. The highest BCUT2D eigenvalue weighted by Crippen LogP contribution is 2.24. The number of benzene rings is 1. The number of nitrogens with one attached hydrogen (secondary N) is 2. The molecule has 0 unspecified atom stereocenters. The molecule has 0 aliphatic heterocycles. The van der Waals surface area contributed by atoms with Gasteiger partial charge in [0.2, 0.25) is 0 Å². The molecule has 2 rings (SSSR count). The molecule has 6 heteroatoms. The van der Waals surface area contributed by atoms with Gasteiger partial charge in [-0.15, -0.1) is 0 Å². The Labute approximate surface area is 133 Å². The zero-order valence-corrected chi connectivity index (χ0v) is 13.2. The fourth-order valence-corrected chi connectivity index (χ4v) is 2.19. The molecule has 0 saturated carbocycles. The summed E-state index contributed by atoms with van der Waals surface area (Å²) >= 11 is 0. The fourth-order valence-electron chi connectivity index (χ4n) is 2.19. The van der Waals surface area contributed by atoms with E-state index in [0.29, 0.717) is 0 Å². The van der Waals surface area contributed by atoms with Crippen LogP contribution in [0.2, 0.25) is 0 Å². The minimum Gasteiger partial charge on any atom is -0.506 e. The predicted octanol–water partition coefficient (Wildman–Crippen LogP) is 3.41. The van der Waals surface area contributed by atoms with Crippen LogP contribution in [0.3, 0.4) is 0 Å². The van der Waals surface area contributed by atoms with E-state index >= 15 is 0 Å². The van der Waals surface area contributed by atoms with E-state index in [1.165, 1.54) is 22.8 Å². The third-order valence-corrected chi connectivity index (χ3v) is 3.51. The first-order valence-corrected chi connectivity index (χ1v) is 7.13. The lowest BCUT2D eigenvalue weighted by Crippen LogP contribution is -2.37. The second kappa shape index (κ2) is 5.95. The number of hydrogen-bond donors (Lipinski definition) is 3. The van der Waals surface area contributed by atoms with Crippen LogP contribution < -0.4 is 5.49 Å². The summed E-state index contributed by atoms with van der Waals surface area (Å²) in [5.41, 5.74) is -0.143. The molecular formula is C17H19F2N3O. The van der Waals surface area contributed by atoms with E-state index in [1.807, 2.05) is 20.8 Å². The topological polar surface area (TPSA) is 72.9 Å². The lowest BCUT2D eigenvalue weighted by Gasteiger charge is -2.25. The summed E-state index contributed by atoms with van der Waals surface area (Å²) in [7, 11) is 0. The number of hydrogen-bond acceptors (Lipinski definition) is 3. The van der Waals surface area contributed by atoms with E-state index in [2.05, 4.69) is 0 Å². The molecule has 0 aliphatic carbocycles. The molecule has 0 spiro atoms. The SMILES string of the molecule is CC(C)(C)C(=N)n1c(Cc2ccc(F)cc2F)c(O)ccc1=N. The van der Waals surface area contributed by atoms with Crippen molar-refractivity contribution >= 4 is 5.84 Å². The molecule has 0 bridgehead atoms. The molecular weight excluding hydrogens is 300 g/mol. The maximum atomic E-state index is 13.9. The van der Waals surface area contributed by atoms with Crippen molar-refractivity contribution in [2.45, 2.75) is 27.2 Å². The number of rotatable bonds is 2. The van der Waals surface area contributed by atoms with E-state index < -0.39 is 17.0 Å². The smallest absolute Gasteiger partial charge is 0.135 e. The van der Waals surface area contributed by atoms with E-state index in [9.17, 15) is 13.9 Å². The number of halogens is 2. The zero-order chi connectivity index (χ0) is 17.4. The monoisotopic (exact) mass is 319 g/mol. The fraction of sp³-hybridized carbons (Fsp3) is 0.294. The van der Waals surface area contributed by atoms with Crippen molar-refractivity contribution in [3.63, 3.8) is 0 Å². The molecule has 2 aromatic rings. The minimum absolute atomic E-state index is 0.0141. The number of aromatic hydroxyl groups is 1. The second-order valence-corrected chi connectivity index (χ2v) is 6.40. The maximum Gasteiger partial charge on any atom is 0.135 e. The van der Waals surface area contributed by atoms with Crippen LogP contribution in [0.5, 0.6) is 5.75 Å². The molecule has 3 N–H and O–H groups in total. The van der Waals surface area contributed by atoms with E-state index in [1.54, 1.807) is 0 Å². The summed E-state index contributed by atoms with van der Waals surface area (Å²) in [4.78, 5) is 0. The summed E-state index contributed by atoms with van der Waals surface area (Å²) in [5, 5.41) is 26.5. The van der Waals surface area contributed by atoms with Gasteiger partial charge in [-0.25, -0.2) is 8.78 Å². The minimum atomic E-state index is -0.728. The van der Waals surface area contributed by atoms with Crippen LogP contribution in [0.1, 0.15) is 32.0 Å². The average molecular weight is 319 g/mol. The predicted molar refractivity (Wildman–Crippen MR) is 83.7 cm³/mol. The van der Waals surface area contributed by atoms with Crippen molar-refractivity contribution in [3.05, 3.63) is 58.7 Å². The quantitative estimate of drug-likeness (QED) is 0.576. The molecule has 0 saturated heterocycles. The number of nitrogens with zero attached hydrogens (tertiary/aromatic N) is 1. The first-order valence-electron chi connectivity index (χ1n) is 7.13. The maximum absolute atomic E-state index is 13.9. The van der Waals surface area contributed by atoms with Crippen molar-refractivity contribution in [2.24, 2.45) is 5.41 Å². The highest BCUT2D eigenvalue weighted by Gasteiger charge is 2.23. The largest absolute Gasteiger partial charge is 0.506 e. The molecule has 0 atom stereocenters. The zero-order valence-electron chi connectivity index (χ0n) is 13.2. The highest BCUT2D eigenvalue weighted by atomic mass is 19.1. The third kappa shape index (κ3) is 3.47. The Bertz CT molecular complexity index is 820. The van der Waals surface area contributed by atoms with Gasteiger partial charge in [-0.05, 0) is 23.8 Å². The molecule has 122 valence electrons. The van der Waals surface area contributed by atoms with Crippen molar-refractivity contribution in [2.75, 3.05) is 0 Å². The Morgan fingerprint density at radius 2 is 1.83 bits per heavy atom. The van der Waals surface area contributed by atoms with Crippen LogP contribution in [0.25, 0.3) is 0 Å². The lowest BCUT2D eigenvalue weighted by atomic mass is 9.94. The van der Waals surface area contributed by atoms with E-state index in [4.69, 9.17) is 10.8 Å². The van der Waals surface area contributed by atoms with Gasteiger partial charge in [-0.1, -0.05) is 26.8 Å². The first-order chi connectivity index (χ1) is 10.6. The summed E-state index contributed by atoms with van der Waals surface area (Å²) in [6.07, 6.45) is -0.0525. The second-order valence-electron chi connectivity index (χ2n) is 6.40. The molecule has 0 aliphatic rings. The van der Waals surface area contributed by atoms with E-state index in [-0.39, 0.29) is 34.8 Å². The van der Waals surface area contributed by atoms with E-state index in [0.717, 1.165) is 12.1 Å². The van der Waals surface area contributed by atoms with Gasteiger partial charge in [0.1, 0.15) is 28.7 Å². The van der Waals surface area contributed by atoms with Crippen LogP contribution in [0.4, 0.5) is 8.78 Å². The van der Waals surface area contributed by atoms with Crippen LogP contribution in [0.15, 0.2) is 30.3 Å². The molecule has 4 nitrogen and oxygen atoms in total. The van der Waals surface area contributed by atoms with Gasteiger partial charge < -0.3 is 5.11 Å². The Morgan fingerprint density at radius 3 is 2.39 bits per heavy atom. The van der Waals surface area contributed by atoms with Crippen molar-refractivity contribution in [1.29, 1.82) is 10.8 Å². The van der Waals surface area contributed by atoms with Crippen molar-refractivity contribution in [3.8, 4) is 5.75 Å². The molecule has 1 heterocycles. The number of pyridine rings is 1. The molecule has 0 fully saturated rings. The van der Waals surface area contributed by atoms with Crippen molar-refractivity contribution < 1.29 is 13.9 Å².